The van der Waals surface area contributed by atoms with Gasteiger partial charge in [-0.15, -0.1) is 0 Å². The molecule has 2 aromatic heterocycles. The lowest BCUT2D eigenvalue weighted by Crippen LogP contribution is -2.16. The molecular weight excluding hydrogens is 431 g/mol. The zero-order valence-corrected chi connectivity index (χ0v) is 18.1. The minimum absolute atomic E-state index is 0.0591. The van der Waals surface area contributed by atoms with Gasteiger partial charge in [0.25, 0.3) is 0 Å². The monoisotopic (exact) mass is 452 g/mol. The maximum absolute atomic E-state index is 13.2. The third-order valence-corrected chi connectivity index (χ3v) is 6.32. The van der Waals surface area contributed by atoms with Crippen LogP contribution in [0.4, 0.5) is 10.1 Å². The Morgan fingerprint density at radius 3 is 2.62 bits per heavy atom. The highest BCUT2D eigenvalue weighted by atomic mass is 32.2. The molecular formula is C23H21FN4O3S. The molecule has 0 spiro atoms. The zero-order chi connectivity index (χ0) is 22.7. The van der Waals surface area contributed by atoms with Gasteiger partial charge >= 0.3 is 0 Å². The van der Waals surface area contributed by atoms with Crippen molar-refractivity contribution in [3.8, 4) is 11.3 Å². The molecule has 2 aromatic carbocycles. The molecule has 0 radical (unpaired) electrons. The number of fused-ring (bicyclic) bond motifs is 1. The summed E-state index contributed by atoms with van der Waals surface area (Å²) in [7, 11) is -3.43. The number of rotatable bonds is 8. The zero-order valence-electron chi connectivity index (χ0n) is 17.3. The van der Waals surface area contributed by atoms with E-state index in [1.165, 1.54) is 30.6 Å². The van der Waals surface area contributed by atoms with Gasteiger partial charge in [-0.1, -0.05) is 25.5 Å². The molecule has 0 unspecified atom stereocenters. The van der Waals surface area contributed by atoms with Gasteiger partial charge in [-0.25, -0.2) is 22.8 Å². The maximum Gasteiger partial charge on any atom is 0.232 e. The minimum Gasteiger partial charge on any atom is -0.287 e. The van der Waals surface area contributed by atoms with Crippen molar-refractivity contribution in [2.75, 3.05) is 10.5 Å². The molecule has 9 heteroatoms. The van der Waals surface area contributed by atoms with Gasteiger partial charge in [-0.2, -0.15) is 0 Å². The fourth-order valence-electron chi connectivity index (χ4n) is 3.34. The van der Waals surface area contributed by atoms with Crippen LogP contribution in [-0.2, 0) is 10.0 Å². The first-order valence-electron chi connectivity index (χ1n) is 10.1. The van der Waals surface area contributed by atoms with Gasteiger partial charge in [0.05, 0.1) is 11.4 Å². The maximum atomic E-state index is 13.2. The van der Waals surface area contributed by atoms with Gasteiger partial charge in [0, 0.05) is 23.0 Å². The fourth-order valence-corrected chi connectivity index (χ4v) is 4.60. The van der Waals surface area contributed by atoms with E-state index in [0.717, 1.165) is 12.0 Å². The van der Waals surface area contributed by atoms with Crippen molar-refractivity contribution in [3.63, 3.8) is 0 Å². The van der Waals surface area contributed by atoms with Crippen LogP contribution in [0.25, 0.3) is 16.9 Å². The van der Waals surface area contributed by atoms with Crippen molar-refractivity contribution in [2.24, 2.45) is 0 Å². The van der Waals surface area contributed by atoms with Gasteiger partial charge in [0.15, 0.2) is 11.3 Å². The summed E-state index contributed by atoms with van der Waals surface area (Å²) in [4.78, 5) is 21.4. The molecule has 1 N–H and O–H groups in total. The summed E-state index contributed by atoms with van der Waals surface area (Å²) in [6.45, 7) is 1.94. The van der Waals surface area contributed by atoms with Crippen LogP contribution in [0.5, 0.6) is 0 Å². The first kappa shape index (κ1) is 21.6. The second-order valence-electron chi connectivity index (χ2n) is 7.31. The summed E-state index contributed by atoms with van der Waals surface area (Å²) in [5.74, 6) is -0.736. The molecule has 0 aliphatic carbocycles. The quantitative estimate of drug-likeness (QED) is 0.402. The number of nitrogens with one attached hydrogen (secondary N) is 1. The summed E-state index contributed by atoms with van der Waals surface area (Å²) in [5.41, 5.74) is 2.68. The van der Waals surface area contributed by atoms with Crippen molar-refractivity contribution in [1.82, 2.24) is 14.4 Å². The molecule has 164 valence electrons. The van der Waals surface area contributed by atoms with Crippen molar-refractivity contribution in [1.29, 1.82) is 0 Å². The van der Waals surface area contributed by atoms with Crippen LogP contribution in [-0.4, -0.2) is 34.3 Å². The molecule has 4 aromatic rings. The number of anilines is 1. The first-order valence-corrected chi connectivity index (χ1v) is 11.8. The first-order chi connectivity index (χ1) is 15.4. The lowest BCUT2D eigenvalue weighted by atomic mass is 10.1. The number of nitrogens with zero attached hydrogens (tertiary/aromatic N) is 3. The van der Waals surface area contributed by atoms with Crippen molar-refractivity contribution >= 4 is 27.1 Å². The Morgan fingerprint density at radius 2 is 1.88 bits per heavy atom. The number of benzene rings is 2. The summed E-state index contributed by atoms with van der Waals surface area (Å²) in [5, 5.41) is 0. The van der Waals surface area contributed by atoms with E-state index in [2.05, 4.69) is 14.7 Å². The molecule has 0 aliphatic heterocycles. The summed E-state index contributed by atoms with van der Waals surface area (Å²) < 4.78 is 42.0. The van der Waals surface area contributed by atoms with E-state index in [-0.39, 0.29) is 17.2 Å². The Kier molecular flexibility index (Phi) is 6.00. The molecule has 0 bridgehead atoms. The van der Waals surface area contributed by atoms with Crippen LogP contribution >= 0.6 is 0 Å². The van der Waals surface area contributed by atoms with E-state index in [0.29, 0.717) is 29.0 Å². The number of halogens is 1. The number of imidazole rings is 1. The van der Waals surface area contributed by atoms with Gasteiger partial charge in [0.1, 0.15) is 12.1 Å². The second kappa shape index (κ2) is 8.88. The average molecular weight is 453 g/mol. The number of unbranched alkanes of at least 4 members (excludes halogenated alkanes) is 1. The van der Waals surface area contributed by atoms with E-state index < -0.39 is 15.8 Å². The second-order valence-corrected chi connectivity index (χ2v) is 9.15. The van der Waals surface area contributed by atoms with Crippen LogP contribution in [0, 0.1) is 5.82 Å². The number of ketones is 1. The van der Waals surface area contributed by atoms with E-state index in [1.54, 1.807) is 34.9 Å². The standard InChI is InChI=1S/C23H21FN4O3S/c1-2-3-13-32(30,31)27-19-6-4-5-17(14-19)20-11-12-25-23-21(26-15-28(20)23)22(29)16-7-9-18(24)10-8-16/h4-12,14-15,27H,2-3,13H2,1H3. The average Bonchev–Trinajstić information content (AvgIpc) is 3.22. The molecule has 0 amide bonds. The van der Waals surface area contributed by atoms with Crippen LogP contribution < -0.4 is 4.72 Å². The van der Waals surface area contributed by atoms with Crippen LogP contribution in [0.2, 0.25) is 0 Å². The number of aromatic nitrogens is 3. The lowest BCUT2D eigenvalue weighted by molar-refractivity contribution is 0.103. The van der Waals surface area contributed by atoms with E-state index in [9.17, 15) is 17.6 Å². The molecule has 2 heterocycles. The van der Waals surface area contributed by atoms with Gasteiger partial charge in [0.2, 0.25) is 15.8 Å². The number of hydrogen-bond donors (Lipinski definition) is 1. The topological polar surface area (TPSA) is 93.4 Å². The van der Waals surface area contributed by atoms with Crippen molar-refractivity contribution in [3.05, 3.63) is 84.2 Å². The SMILES string of the molecule is CCCCS(=O)(=O)Nc1cccc(-c2ccnc3c(C(=O)c4ccc(F)cc4)ncn23)c1. The largest absolute Gasteiger partial charge is 0.287 e. The highest BCUT2D eigenvalue weighted by Crippen LogP contribution is 2.25. The number of carbonyl (C=O) groups is 1. The Balaban J connectivity index is 1.69. The lowest BCUT2D eigenvalue weighted by Gasteiger charge is -2.10. The molecule has 0 saturated heterocycles. The number of carbonyl (C=O) groups excluding carboxylic acids is 1. The Morgan fingerprint density at radius 1 is 1.09 bits per heavy atom. The molecule has 0 atom stereocenters. The van der Waals surface area contributed by atoms with E-state index in [4.69, 9.17) is 0 Å². The Bertz CT molecular complexity index is 1380. The smallest absolute Gasteiger partial charge is 0.232 e. The van der Waals surface area contributed by atoms with Gasteiger partial charge in [-0.05, 0) is 48.9 Å². The third-order valence-electron chi connectivity index (χ3n) is 4.95. The van der Waals surface area contributed by atoms with E-state index >= 15 is 0 Å². The highest BCUT2D eigenvalue weighted by molar-refractivity contribution is 7.92. The number of hydrogen-bond acceptors (Lipinski definition) is 5. The molecule has 0 saturated carbocycles. The fraction of sp³-hybridized carbons (Fsp3) is 0.174. The molecule has 7 nitrogen and oxygen atoms in total. The number of sulfonamides is 1. The predicted molar refractivity (Wildman–Crippen MR) is 121 cm³/mol. The van der Waals surface area contributed by atoms with Crippen molar-refractivity contribution < 1.29 is 17.6 Å². The Hall–Kier alpha value is -3.59. The van der Waals surface area contributed by atoms with Crippen molar-refractivity contribution in [2.45, 2.75) is 19.8 Å². The third kappa shape index (κ3) is 4.52. The van der Waals surface area contributed by atoms with E-state index in [1.807, 2.05) is 13.0 Å². The molecule has 32 heavy (non-hydrogen) atoms. The predicted octanol–water partition coefficient (Wildman–Crippen LogP) is 4.31. The molecule has 0 fully saturated rings. The van der Waals surface area contributed by atoms with Gasteiger partial charge < -0.3 is 0 Å². The summed E-state index contributed by atoms with van der Waals surface area (Å²) in [6.07, 6.45) is 4.42. The van der Waals surface area contributed by atoms with Gasteiger partial charge in [-0.3, -0.25) is 13.9 Å². The van der Waals surface area contributed by atoms with Crippen LogP contribution in [0.1, 0.15) is 35.8 Å². The Labute approximate surface area is 185 Å². The summed E-state index contributed by atoms with van der Waals surface area (Å²) in [6, 6.07) is 14.0. The highest BCUT2D eigenvalue weighted by Gasteiger charge is 2.19. The minimum atomic E-state index is -3.43. The molecule has 4 rings (SSSR count). The van der Waals surface area contributed by atoms with Crippen LogP contribution in [0.15, 0.2) is 67.1 Å². The van der Waals surface area contributed by atoms with Crippen LogP contribution in [0.3, 0.4) is 0 Å². The summed E-state index contributed by atoms with van der Waals surface area (Å²) >= 11 is 0. The normalized spacial score (nSPS) is 11.6. The molecule has 0 aliphatic rings.